The van der Waals surface area contributed by atoms with Crippen molar-refractivity contribution >= 4 is 27.7 Å². The van der Waals surface area contributed by atoms with Crippen LogP contribution in [0.1, 0.15) is 27.2 Å². The molecular weight excluding hydrogens is 260 g/mol. The standard InChI is InChI=1S/C10H15BrN2O2/c1-10(2,3)15-9(14)13-6-4-5-8(7-11)12-13/h4,6H,5,7H2,1-3H3. The quantitative estimate of drug-likeness (QED) is 0.690. The highest BCUT2D eigenvalue weighted by atomic mass is 79.9. The van der Waals surface area contributed by atoms with Crippen molar-refractivity contribution in [2.45, 2.75) is 32.8 Å². The highest BCUT2D eigenvalue weighted by Gasteiger charge is 2.21. The van der Waals surface area contributed by atoms with Crippen LogP contribution >= 0.6 is 15.9 Å². The van der Waals surface area contributed by atoms with Gasteiger partial charge in [0.15, 0.2) is 0 Å². The molecule has 0 aliphatic carbocycles. The van der Waals surface area contributed by atoms with Crippen LogP contribution in [0.4, 0.5) is 4.79 Å². The fourth-order valence-corrected chi connectivity index (χ4v) is 1.35. The minimum absolute atomic E-state index is 0.447. The summed E-state index contributed by atoms with van der Waals surface area (Å²) in [5.41, 5.74) is 0.412. The van der Waals surface area contributed by atoms with Crippen molar-refractivity contribution in [2.24, 2.45) is 5.10 Å². The lowest BCUT2D eigenvalue weighted by Gasteiger charge is -2.24. The number of allylic oxidation sites excluding steroid dienone is 1. The zero-order chi connectivity index (χ0) is 11.5. The molecule has 0 saturated carbocycles. The lowest BCUT2D eigenvalue weighted by atomic mass is 10.2. The first-order valence-corrected chi connectivity index (χ1v) is 5.86. The third kappa shape index (κ3) is 4.03. The van der Waals surface area contributed by atoms with Crippen LogP contribution in [0.5, 0.6) is 0 Å². The van der Waals surface area contributed by atoms with Crippen LogP contribution in [-0.4, -0.2) is 27.7 Å². The Labute approximate surface area is 98.1 Å². The van der Waals surface area contributed by atoms with E-state index in [-0.39, 0.29) is 0 Å². The molecule has 0 N–H and O–H groups in total. The molecule has 0 saturated heterocycles. The van der Waals surface area contributed by atoms with Crippen LogP contribution in [0.25, 0.3) is 0 Å². The van der Waals surface area contributed by atoms with E-state index in [1.165, 1.54) is 5.01 Å². The zero-order valence-electron chi connectivity index (χ0n) is 9.16. The van der Waals surface area contributed by atoms with Gasteiger partial charge in [0.05, 0.1) is 5.71 Å². The van der Waals surface area contributed by atoms with E-state index in [9.17, 15) is 4.79 Å². The summed E-state index contributed by atoms with van der Waals surface area (Å²) in [6, 6.07) is 0. The normalized spacial score (nSPS) is 16.3. The first-order valence-electron chi connectivity index (χ1n) is 4.73. The third-order valence-electron chi connectivity index (χ3n) is 1.58. The Hall–Kier alpha value is -0.840. The van der Waals surface area contributed by atoms with E-state index >= 15 is 0 Å². The first kappa shape index (κ1) is 12.2. The smallest absolute Gasteiger partial charge is 0.435 e. The second kappa shape index (κ2) is 4.79. The maximum atomic E-state index is 11.6. The number of halogens is 1. The Morgan fingerprint density at radius 1 is 1.67 bits per heavy atom. The fraction of sp³-hybridized carbons (Fsp3) is 0.600. The average molecular weight is 275 g/mol. The highest BCUT2D eigenvalue weighted by Crippen LogP contribution is 2.13. The van der Waals surface area contributed by atoms with E-state index in [2.05, 4.69) is 21.0 Å². The van der Waals surface area contributed by atoms with Gasteiger partial charge in [-0.1, -0.05) is 22.0 Å². The molecule has 0 aromatic carbocycles. The Morgan fingerprint density at radius 2 is 2.33 bits per heavy atom. The van der Waals surface area contributed by atoms with E-state index in [1.807, 2.05) is 26.8 Å². The number of carbonyl (C=O) groups excluding carboxylic acids is 1. The molecule has 0 aromatic rings. The molecular formula is C10H15BrN2O2. The molecule has 0 unspecified atom stereocenters. The molecule has 5 heteroatoms. The Balaban J connectivity index is 2.64. The predicted molar refractivity (Wildman–Crippen MR) is 63.1 cm³/mol. The van der Waals surface area contributed by atoms with Crippen molar-refractivity contribution in [1.82, 2.24) is 5.01 Å². The van der Waals surface area contributed by atoms with Crippen LogP contribution in [-0.2, 0) is 4.74 Å². The number of carbonyl (C=O) groups is 1. The molecule has 0 aromatic heterocycles. The van der Waals surface area contributed by atoms with Crippen molar-refractivity contribution < 1.29 is 9.53 Å². The van der Waals surface area contributed by atoms with Gasteiger partial charge in [-0.2, -0.15) is 10.1 Å². The van der Waals surface area contributed by atoms with Gasteiger partial charge in [0.25, 0.3) is 0 Å². The third-order valence-corrected chi connectivity index (χ3v) is 2.23. The summed E-state index contributed by atoms with van der Waals surface area (Å²) in [4.78, 5) is 11.6. The molecule has 1 amide bonds. The van der Waals surface area contributed by atoms with Gasteiger partial charge in [-0.3, -0.25) is 0 Å². The summed E-state index contributed by atoms with van der Waals surface area (Å²) in [5, 5.41) is 6.02. The lowest BCUT2D eigenvalue weighted by Crippen LogP contribution is -2.32. The van der Waals surface area contributed by atoms with Gasteiger partial charge in [-0.25, -0.2) is 4.79 Å². The highest BCUT2D eigenvalue weighted by molar-refractivity contribution is 9.09. The molecule has 0 radical (unpaired) electrons. The summed E-state index contributed by atoms with van der Waals surface area (Å²) in [7, 11) is 0. The molecule has 0 atom stereocenters. The van der Waals surface area contributed by atoms with Crippen LogP contribution in [0, 0.1) is 0 Å². The van der Waals surface area contributed by atoms with Crippen LogP contribution in [0.2, 0.25) is 0 Å². The van der Waals surface area contributed by atoms with Crippen molar-refractivity contribution in [3.8, 4) is 0 Å². The van der Waals surface area contributed by atoms with Gasteiger partial charge in [-0.15, -0.1) is 0 Å². The van der Waals surface area contributed by atoms with Gasteiger partial charge in [0.1, 0.15) is 5.60 Å². The Kier molecular flexibility index (Phi) is 3.90. The first-order chi connectivity index (χ1) is 6.92. The second-order valence-corrected chi connectivity index (χ2v) is 4.77. The summed E-state index contributed by atoms with van der Waals surface area (Å²) >= 11 is 3.31. The van der Waals surface area contributed by atoms with E-state index in [4.69, 9.17) is 4.74 Å². The van der Waals surface area contributed by atoms with E-state index < -0.39 is 11.7 Å². The van der Waals surface area contributed by atoms with Crippen molar-refractivity contribution in [2.75, 3.05) is 5.33 Å². The molecule has 4 nitrogen and oxygen atoms in total. The number of hydrazone groups is 1. The van der Waals surface area contributed by atoms with Gasteiger partial charge in [0.2, 0.25) is 0 Å². The lowest BCUT2D eigenvalue weighted by molar-refractivity contribution is 0.0336. The molecule has 1 aliphatic heterocycles. The zero-order valence-corrected chi connectivity index (χ0v) is 10.7. The molecule has 1 aliphatic rings. The minimum Gasteiger partial charge on any atom is -0.442 e. The molecule has 0 fully saturated rings. The molecule has 1 heterocycles. The number of hydrogen-bond donors (Lipinski definition) is 0. The topological polar surface area (TPSA) is 41.9 Å². The maximum Gasteiger partial charge on any atom is 0.435 e. The monoisotopic (exact) mass is 274 g/mol. The number of rotatable bonds is 1. The Bertz CT molecular complexity index is 305. The second-order valence-electron chi connectivity index (χ2n) is 4.21. The van der Waals surface area contributed by atoms with Crippen LogP contribution < -0.4 is 0 Å². The molecule has 0 spiro atoms. The van der Waals surface area contributed by atoms with Crippen molar-refractivity contribution in [3.05, 3.63) is 12.3 Å². The van der Waals surface area contributed by atoms with Crippen molar-refractivity contribution in [3.63, 3.8) is 0 Å². The summed E-state index contributed by atoms with van der Waals surface area (Å²) < 4.78 is 5.18. The van der Waals surface area contributed by atoms with Crippen LogP contribution in [0.15, 0.2) is 17.4 Å². The average Bonchev–Trinajstić information content (AvgIpc) is 2.15. The summed E-state index contributed by atoms with van der Waals surface area (Å²) in [6.07, 6.45) is 3.83. The van der Waals surface area contributed by atoms with Gasteiger partial charge in [-0.05, 0) is 20.8 Å². The fourth-order valence-electron chi connectivity index (χ4n) is 1.01. The van der Waals surface area contributed by atoms with E-state index in [0.29, 0.717) is 5.33 Å². The van der Waals surface area contributed by atoms with Gasteiger partial charge < -0.3 is 4.74 Å². The molecule has 0 bridgehead atoms. The van der Waals surface area contributed by atoms with Gasteiger partial charge >= 0.3 is 6.09 Å². The van der Waals surface area contributed by atoms with E-state index in [1.54, 1.807) is 6.20 Å². The number of hydrogen-bond acceptors (Lipinski definition) is 3. The SMILES string of the molecule is CC(C)(C)OC(=O)N1C=CCC(CBr)=N1. The minimum atomic E-state index is -0.494. The number of ether oxygens (including phenoxy) is 1. The van der Waals surface area contributed by atoms with E-state index in [0.717, 1.165) is 12.1 Å². The molecule has 84 valence electrons. The largest absolute Gasteiger partial charge is 0.442 e. The predicted octanol–water partition coefficient (Wildman–Crippen LogP) is 2.89. The number of amides is 1. The van der Waals surface area contributed by atoms with Crippen molar-refractivity contribution in [1.29, 1.82) is 0 Å². The summed E-state index contributed by atoms with van der Waals surface area (Å²) in [6.45, 7) is 5.48. The van der Waals surface area contributed by atoms with Gasteiger partial charge in [0, 0.05) is 18.0 Å². The Morgan fingerprint density at radius 3 is 2.87 bits per heavy atom. The maximum absolute atomic E-state index is 11.6. The molecule has 1 rings (SSSR count). The number of nitrogens with zero attached hydrogens (tertiary/aromatic N) is 2. The summed E-state index contributed by atoms with van der Waals surface area (Å²) in [5.74, 6) is 0. The molecule has 15 heavy (non-hydrogen) atoms. The van der Waals surface area contributed by atoms with Crippen LogP contribution in [0.3, 0.4) is 0 Å². The number of alkyl halides is 1.